The number of ether oxygens (including phenoxy) is 2. The first kappa shape index (κ1) is 15.3. The maximum Gasteiger partial charge on any atom is 0.216 e. The summed E-state index contributed by atoms with van der Waals surface area (Å²) in [5, 5.41) is 3.43. The number of methoxy groups -OCH3 is 1. The number of hydrogen-bond donors (Lipinski definition) is 1. The van der Waals surface area contributed by atoms with Crippen molar-refractivity contribution in [2.75, 3.05) is 20.3 Å². The van der Waals surface area contributed by atoms with Crippen LogP contribution in [0.3, 0.4) is 0 Å². The van der Waals surface area contributed by atoms with E-state index in [9.17, 15) is 0 Å². The van der Waals surface area contributed by atoms with Crippen molar-refractivity contribution in [3.63, 3.8) is 0 Å². The molecule has 2 rings (SSSR count). The molecule has 5 heteroatoms. The molecule has 0 amide bonds. The summed E-state index contributed by atoms with van der Waals surface area (Å²) in [6.07, 6.45) is 1.52. The molecular formula is C16H21N3O2. The number of rotatable bonds is 7. The van der Waals surface area contributed by atoms with Crippen LogP contribution in [0.15, 0.2) is 36.7 Å². The Kier molecular flexibility index (Phi) is 5.51. The molecule has 0 saturated heterocycles. The van der Waals surface area contributed by atoms with E-state index in [1.54, 1.807) is 7.11 Å². The molecule has 0 aliphatic rings. The number of nitrogens with zero attached hydrogens (tertiary/aromatic N) is 2. The Morgan fingerprint density at radius 3 is 2.76 bits per heavy atom. The third-order valence-corrected chi connectivity index (χ3v) is 3.08. The summed E-state index contributed by atoms with van der Waals surface area (Å²) in [4.78, 5) is 8.42. The summed E-state index contributed by atoms with van der Waals surface area (Å²) in [5.41, 5.74) is 1.97. The van der Waals surface area contributed by atoms with Gasteiger partial charge in [-0.05, 0) is 31.2 Å². The van der Waals surface area contributed by atoms with E-state index in [0.29, 0.717) is 12.5 Å². The third kappa shape index (κ3) is 3.92. The molecule has 1 atom stereocenters. The minimum atomic E-state index is -0.0210. The summed E-state index contributed by atoms with van der Waals surface area (Å²) in [5.74, 6) is 1.42. The molecule has 1 N–H and O–H groups in total. The Bertz CT molecular complexity index is 575. The highest BCUT2D eigenvalue weighted by molar-refractivity contribution is 5.35. The van der Waals surface area contributed by atoms with Gasteiger partial charge in [-0.25, -0.2) is 9.97 Å². The Morgan fingerprint density at radius 2 is 2.05 bits per heavy atom. The van der Waals surface area contributed by atoms with E-state index in [1.807, 2.05) is 31.2 Å². The minimum absolute atomic E-state index is 0.0210. The number of aromatic nitrogens is 2. The fourth-order valence-corrected chi connectivity index (χ4v) is 2.17. The van der Waals surface area contributed by atoms with Crippen LogP contribution in [-0.4, -0.2) is 30.2 Å². The second-order valence-corrected chi connectivity index (χ2v) is 4.48. The monoisotopic (exact) mass is 287 g/mol. The predicted molar refractivity (Wildman–Crippen MR) is 81.7 cm³/mol. The Labute approximate surface area is 125 Å². The van der Waals surface area contributed by atoms with Crippen LogP contribution in [0.25, 0.3) is 0 Å². The van der Waals surface area contributed by atoms with E-state index in [4.69, 9.17) is 9.47 Å². The molecule has 2 aromatic rings. The summed E-state index contributed by atoms with van der Waals surface area (Å²) in [6.45, 7) is 5.52. The van der Waals surface area contributed by atoms with Crippen LogP contribution in [0, 0.1) is 0 Å². The first-order chi connectivity index (χ1) is 10.3. The smallest absolute Gasteiger partial charge is 0.216 e. The zero-order valence-electron chi connectivity index (χ0n) is 12.7. The molecule has 5 nitrogen and oxygen atoms in total. The fourth-order valence-electron chi connectivity index (χ4n) is 2.17. The van der Waals surface area contributed by atoms with Crippen LogP contribution >= 0.6 is 0 Å². The molecule has 0 aliphatic carbocycles. The van der Waals surface area contributed by atoms with Crippen molar-refractivity contribution in [3.05, 3.63) is 47.9 Å². The Morgan fingerprint density at radius 1 is 1.19 bits per heavy atom. The molecule has 1 unspecified atom stereocenters. The lowest BCUT2D eigenvalue weighted by Crippen LogP contribution is -2.23. The lowest BCUT2D eigenvalue weighted by atomic mass is 10.0. The van der Waals surface area contributed by atoms with Crippen molar-refractivity contribution in [3.8, 4) is 11.6 Å². The van der Waals surface area contributed by atoms with Gasteiger partial charge in [0.05, 0.1) is 25.5 Å². The average Bonchev–Trinajstić information content (AvgIpc) is 2.53. The van der Waals surface area contributed by atoms with Crippen LogP contribution in [0.1, 0.15) is 31.1 Å². The van der Waals surface area contributed by atoms with Crippen molar-refractivity contribution >= 4 is 0 Å². The molecule has 112 valence electrons. The summed E-state index contributed by atoms with van der Waals surface area (Å²) >= 11 is 0. The van der Waals surface area contributed by atoms with Gasteiger partial charge in [0.15, 0.2) is 0 Å². The van der Waals surface area contributed by atoms with Crippen LogP contribution in [0.2, 0.25) is 0 Å². The molecule has 0 fully saturated rings. The first-order valence-corrected chi connectivity index (χ1v) is 7.10. The van der Waals surface area contributed by atoms with E-state index in [2.05, 4.69) is 28.3 Å². The second-order valence-electron chi connectivity index (χ2n) is 4.48. The normalized spacial score (nSPS) is 12.0. The number of benzene rings is 1. The largest absolute Gasteiger partial charge is 0.494 e. The standard InChI is InChI=1S/C16H21N3O2/c1-4-17-16(14-10-15(20-3)19-11-18-14)12-7-6-8-13(9-12)21-5-2/h6-11,16-17H,4-5H2,1-3H3. The van der Waals surface area contributed by atoms with Crippen LogP contribution in [0.4, 0.5) is 0 Å². The molecule has 0 aliphatic heterocycles. The highest BCUT2D eigenvalue weighted by Gasteiger charge is 2.16. The zero-order chi connectivity index (χ0) is 15.1. The van der Waals surface area contributed by atoms with Gasteiger partial charge in [0.1, 0.15) is 12.1 Å². The van der Waals surface area contributed by atoms with Gasteiger partial charge < -0.3 is 14.8 Å². The molecule has 1 heterocycles. The van der Waals surface area contributed by atoms with Crippen LogP contribution < -0.4 is 14.8 Å². The summed E-state index contributed by atoms with van der Waals surface area (Å²) in [7, 11) is 1.60. The van der Waals surface area contributed by atoms with Crippen molar-refractivity contribution in [1.29, 1.82) is 0 Å². The maximum absolute atomic E-state index is 5.57. The highest BCUT2D eigenvalue weighted by Crippen LogP contribution is 2.25. The predicted octanol–water partition coefficient (Wildman–Crippen LogP) is 2.58. The number of hydrogen-bond acceptors (Lipinski definition) is 5. The molecule has 0 bridgehead atoms. The maximum atomic E-state index is 5.57. The van der Waals surface area contributed by atoms with E-state index in [0.717, 1.165) is 23.6 Å². The molecule has 0 radical (unpaired) electrons. The van der Waals surface area contributed by atoms with Crippen LogP contribution in [0.5, 0.6) is 11.6 Å². The van der Waals surface area contributed by atoms with Gasteiger partial charge in [0.25, 0.3) is 0 Å². The van der Waals surface area contributed by atoms with Crippen molar-refractivity contribution in [1.82, 2.24) is 15.3 Å². The molecule has 21 heavy (non-hydrogen) atoms. The van der Waals surface area contributed by atoms with Gasteiger partial charge in [-0.15, -0.1) is 0 Å². The van der Waals surface area contributed by atoms with E-state index in [-0.39, 0.29) is 6.04 Å². The van der Waals surface area contributed by atoms with Gasteiger partial charge in [0.2, 0.25) is 5.88 Å². The van der Waals surface area contributed by atoms with E-state index < -0.39 is 0 Å². The summed E-state index contributed by atoms with van der Waals surface area (Å²) in [6, 6.07) is 9.86. The second kappa shape index (κ2) is 7.59. The van der Waals surface area contributed by atoms with Gasteiger partial charge in [-0.3, -0.25) is 0 Å². The third-order valence-electron chi connectivity index (χ3n) is 3.08. The van der Waals surface area contributed by atoms with Crippen LogP contribution in [-0.2, 0) is 0 Å². The highest BCUT2D eigenvalue weighted by atomic mass is 16.5. The van der Waals surface area contributed by atoms with Gasteiger partial charge in [0, 0.05) is 6.07 Å². The first-order valence-electron chi connectivity index (χ1n) is 7.10. The van der Waals surface area contributed by atoms with Gasteiger partial charge in [-0.2, -0.15) is 0 Å². The molecular weight excluding hydrogens is 266 g/mol. The molecule has 0 spiro atoms. The Hall–Kier alpha value is -2.14. The Balaban J connectivity index is 2.35. The fraction of sp³-hybridized carbons (Fsp3) is 0.375. The quantitative estimate of drug-likeness (QED) is 0.848. The lowest BCUT2D eigenvalue weighted by Gasteiger charge is -2.19. The van der Waals surface area contributed by atoms with Gasteiger partial charge in [-0.1, -0.05) is 19.1 Å². The van der Waals surface area contributed by atoms with E-state index in [1.165, 1.54) is 6.33 Å². The summed E-state index contributed by atoms with van der Waals surface area (Å²) < 4.78 is 10.7. The van der Waals surface area contributed by atoms with Crippen molar-refractivity contribution in [2.45, 2.75) is 19.9 Å². The molecule has 1 aromatic carbocycles. The molecule has 1 aromatic heterocycles. The minimum Gasteiger partial charge on any atom is -0.494 e. The number of nitrogens with one attached hydrogen (secondary N) is 1. The molecule has 0 saturated carbocycles. The van der Waals surface area contributed by atoms with Crippen molar-refractivity contribution in [2.24, 2.45) is 0 Å². The SMILES string of the molecule is CCNC(c1cccc(OCC)c1)c1cc(OC)ncn1. The van der Waals surface area contributed by atoms with Crippen molar-refractivity contribution < 1.29 is 9.47 Å². The lowest BCUT2D eigenvalue weighted by molar-refractivity contribution is 0.339. The zero-order valence-corrected chi connectivity index (χ0v) is 12.7. The van der Waals surface area contributed by atoms with E-state index >= 15 is 0 Å². The average molecular weight is 287 g/mol. The topological polar surface area (TPSA) is 56.3 Å². The van der Waals surface area contributed by atoms with Gasteiger partial charge >= 0.3 is 0 Å².